The summed E-state index contributed by atoms with van der Waals surface area (Å²) in [6.07, 6.45) is 3.09. The standard InChI is InChI=1S/C11H16N4O2/c12-11(14-17)8-3-4-10(13-6-8)15-5-1-2-9(16)7-15/h3-4,6,9,16-17H,1-2,5,7H2,(H2,12,14). The molecule has 1 aromatic heterocycles. The van der Waals surface area contributed by atoms with E-state index in [0.29, 0.717) is 12.1 Å². The number of rotatable bonds is 2. The maximum absolute atomic E-state index is 9.58. The Bertz CT molecular complexity index is 404. The molecule has 0 radical (unpaired) electrons. The number of oxime groups is 1. The van der Waals surface area contributed by atoms with Gasteiger partial charge in [-0.3, -0.25) is 0 Å². The smallest absolute Gasteiger partial charge is 0.171 e. The minimum Gasteiger partial charge on any atom is -0.409 e. The van der Waals surface area contributed by atoms with E-state index in [4.69, 9.17) is 10.9 Å². The van der Waals surface area contributed by atoms with Gasteiger partial charge in [0, 0.05) is 24.8 Å². The minimum absolute atomic E-state index is 0.0442. The van der Waals surface area contributed by atoms with Gasteiger partial charge in [0.15, 0.2) is 5.84 Å². The summed E-state index contributed by atoms with van der Waals surface area (Å²) in [7, 11) is 0. The Hall–Kier alpha value is -1.82. The number of pyridine rings is 1. The Labute approximate surface area is 99.4 Å². The predicted molar refractivity (Wildman–Crippen MR) is 64.2 cm³/mol. The van der Waals surface area contributed by atoms with Gasteiger partial charge in [-0.2, -0.15) is 0 Å². The van der Waals surface area contributed by atoms with Crippen molar-refractivity contribution in [2.75, 3.05) is 18.0 Å². The van der Waals surface area contributed by atoms with Crippen LogP contribution in [-0.2, 0) is 0 Å². The molecule has 92 valence electrons. The Balaban J connectivity index is 2.12. The predicted octanol–water partition coefficient (Wildman–Crippen LogP) is 0.137. The number of aromatic nitrogens is 1. The molecule has 2 rings (SSSR count). The molecule has 1 aromatic rings. The average Bonchev–Trinajstić information content (AvgIpc) is 2.38. The van der Waals surface area contributed by atoms with Crippen molar-refractivity contribution in [3.8, 4) is 0 Å². The van der Waals surface area contributed by atoms with Gasteiger partial charge in [-0.1, -0.05) is 5.16 Å². The molecule has 0 bridgehead atoms. The molecule has 0 spiro atoms. The van der Waals surface area contributed by atoms with Gasteiger partial charge in [0.1, 0.15) is 5.82 Å². The van der Waals surface area contributed by atoms with Crippen LogP contribution in [0.25, 0.3) is 0 Å². The Morgan fingerprint density at radius 3 is 2.94 bits per heavy atom. The Morgan fingerprint density at radius 1 is 1.53 bits per heavy atom. The maximum Gasteiger partial charge on any atom is 0.171 e. The first kappa shape index (κ1) is 11.7. The largest absolute Gasteiger partial charge is 0.409 e. The lowest BCUT2D eigenvalue weighted by Gasteiger charge is -2.30. The van der Waals surface area contributed by atoms with Crippen molar-refractivity contribution in [2.24, 2.45) is 10.9 Å². The van der Waals surface area contributed by atoms with Gasteiger partial charge in [0.25, 0.3) is 0 Å². The van der Waals surface area contributed by atoms with Crippen LogP contribution < -0.4 is 10.6 Å². The van der Waals surface area contributed by atoms with Crippen LogP contribution in [0.2, 0.25) is 0 Å². The van der Waals surface area contributed by atoms with Gasteiger partial charge < -0.3 is 20.9 Å². The summed E-state index contributed by atoms with van der Waals surface area (Å²) in [6.45, 7) is 1.50. The number of aliphatic hydroxyl groups is 1. The molecule has 17 heavy (non-hydrogen) atoms. The van der Waals surface area contributed by atoms with Crippen molar-refractivity contribution in [1.82, 2.24) is 4.98 Å². The lowest BCUT2D eigenvalue weighted by molar-refractivity contribution is 0.154. The van der Waals surface area contributed by atoms with Crippen molar-refractivity contribution in [3.63, 3.8) is 0 Å². The van der Waals surface area contributed by atoms with E-state index in [1.165, 1.54) is 0 Å². The molecule has 6 nitrogen and oxygen atoms in total. The minimum atomic E-state index is -0.283. The summed E-state index contributed by atoms with van der Waals surface area (Å²) in [5, 5.41) is 21.0. The zero-order chi connectivity index (χ0) is 12.3. The third-order valence-corrected chi connectivity index (χ3v) is 2.87. The summed E-state index contributed by atoms with van der Waals surface area (Å²) in [4.78, 5) is 6.28. The summed E-state index contributed by atoms with van der Waals surface area (Å²) in [5.74, 6) is 0.848. The number of aliphatic hydroxyl groups excluding tert-OH is 1. The second-order valence-corrected chi connectivity index (χ2v) is 4.13. The zero-order valence-electron chi connectivity index (χ0n) is 9.45. The third kappa shape index (κ3) is 2.65. The molecule has 1 aliphatic rings. The fourth-order valence-corrected chi connectivity index (χ4v) is 1.95. The first-order valence-corrected chi connectivity index (χ1v) is 5.57. The van der Waals surface area contributed by atoms with Crippen LogP contribution in [0.3, 0.4) is 0 Å². The SMILES string of the molecule is NC(=NO)c1ccc(N2CCCC(O)C2)nc1. The van der Waals surface area contributed by atoms with Crippen LogP contribution in [-0.4, -0.2) is 40.3 Å². The molecule has 0 aliphatic carbocycles. The van der Waals surface area contributed by atoms with Crippen LogP contribution in [0.4, 0.5) is 5.82 Å². The van der Waals surface area contributed by atoms with Crippen molar-refractivity contribution < 1.29 is 10.3 Å². The number of anilines is 1. The lowest BCUT2D eigenvalue weighted by Crippen LogP contribution is -2.38. The van der Waals surface area contributed by atoms with E-state index in [1.54, 1.807) is 12.3 Å². The zero-order valence-corrected chi connectivity index (χ0v) is 9.45. The highest BCUT2D eigenvalue weighted by Gasteiger charge is 2.18. The number of hydrogen-bond donors (Lipinski definition) is 3. The van der Waals surface area contributed by atoms with Gasteiger partial charge >= 0.3 is 0 Å². The molecule has 4 N–H and O–H groups in total. The van der Waals surface area contributed by atoms with E-state index in [0.717, 1.165) is 25.2 Å². The molecule has 1 aliphatic heterocycles. The van der Waals surface area contributed by atoms with Crippen molar-refractivity contribution in [2.45, 2.75) is 18.9 Å². The molecule has 0 saturated carbocycles. The number of nitrogens with two attached hydrogens (primary N) is 1. The van der Waals surface area contributed by atoms with E-state index in [9.17, 15) is 5.11 Å². The van der Waals surface area contributed by atoms with E-state index >= 15 is 0 Å². The summed E-state index contributed by atoms with van der Waals surface area (Å²) in [6, 6.07) is 3.56. The number of amidine groups is 1. The topological polar surface area (TPSA) is 95.0 Å². The monoisotopic (exact) mass is 236 g/mol. The van der Waals surface area contributed by atoms with Crippen LogP contribution in [0, 0.1) is 0 Å². The number of nitrogens with zero attached hydrogens (tertiary/aromatic N) is 3. The second-order valence-electron chi connectivity index (χ2n) is 4.13. The fourth-order valence-electron chi connectivity index (χ4n) is 1.95. The number of hydrogen-bond acceptors (Lipinski definition) is 5. The van der Waals surface area contributed by atoms with E-state index in [-0.39, 0.29) is 11.9 Å². The maximum atomic E-state index is 9.58. The molecular weight excluding hydrogens is 220 g/mol. The number of β-amino-alcohol motifs (C(OH)–C–C–N with tert-alkyl or cyclic N) is 1. The molecule has 6 heteroatoms. The first-order chi connectivity index (χ1) is 8.20. The summed E-state index contributed by atoms with van der Waals surface area (Å²) >= 11 is 0. The van der Waals surface area contributed by atoms with E-state index < -0.39 is 0 Å². The van der Waals surface area contributed by atoms with Gasteiger partial charge in [-0.05, 0) is 25.0 Å². The van der Waals surface area contributed by atoms with Gasteiger partial charge in [0.2, 0.25) is 0 Å². The lowest BCUT2D eigenvalue weighted by atomic mass is 10.1. The van der Waals surface area contributed by atoms with Crippen molar-refractivity contribution in [3.05, 3.63) is 23.9 Å². The van der Waals surface area contributed by atoms with Crippen LogP contribution in [0.1, 0.15) is 18.4 Å². The third-order valence-electron chi connectivity index (χ3n) is 2.87. The summed E-state index contributed by atoms with van der Waals surface area (Å²) < 4.78 is 0. The quantitative estimate of drug-likeness (QED) is 0.294. The Kier molecular flexibility index (Phi) is 3.43. The highest BCUT2D eigenvalue weighted by Crippen LogP contribution is 2.17. The molecular formula is C11H16N4O2. The molecule has 1 unspecified atom stereocenters. The van der Waals surface area contributed by atoms with Crippen LogP contribution >= 0.6 is 0 Å². The van der Waals surface area contributed by atoms with E-state index in [2.05, 4.69) is 10.1 Å². The number of piperidine rings is 1. The summed E-state index contributed by atoms with van der Waals surface area (Å²) in [5.41, 5.74) is 6.03. The van der Waals surface area contributed by atoms with Gasteiger partial charge in [-0.15, -0.1) is 0 Å². The molecule has 1 saturated heterocycles. The van der Waals surface area contributed by atoms with Crippen molar-refractivity contribution >= 4 is 11.7 Å². The highest BCUT2D eigenvalue weighted by molar-refractivity contribution is 5.96. The van der Waals surface area contributed by atoms with Gasteiger partial charge in [-0.25, -0.2) is 4.98 Å². The molecule has 1 fully saturated rings. The molecule has 0 amide bonds. The molecule has 2 heterocycles. The second kappa shape index (κ2) is 5.01. The highest BCUT2D eigenvalue weighted by atomic mass is 16.4. The van der Waals surface area contributed by atoms with Crippen LogP contribution in [0.5, 0.6) is 0 Å². The fraction of sp³-hybridized carbons (Fsp3) is 0.455. The normalized spacial score (nSPS) is 21.6. The average molecular weight is 236 g/mol. The first-order valence-electron chi connectivity index (χ1n) is 5.57. The molecule has 1 atom stereocenters. The van der Waals surface area contributed by atoms with Crippen LogP contribution in [0.15, 0.2) is 23.5 Å². The molecule has 0 aromatic carbocycles. The van der Waals surface area contributed by atoms with E-state index in [1.807, 2.05) is 11.0 Å². The van der Waals surface area contributed by atoms with Gasteiger partial charge in [0.05, 0.1) is 6.10 Å². The van der Waals surface area contributed by atoms with Crippen molar-refractivity contribution in [1.29, 1.82) is 0 Å². The Morgan fingerprint density at radius 2 is 2.35 bits per heavy atom.